The third kappa shape index (κ3) is 3.94. The van der Waals surface area contributed by atoms with Crippen molar-refractivity contribution in [3.8, 4) is 0 Å². The molecule has 1 aliphatic rings. The third-order valence-electron chi connectivity index (χ3n) is 3.95. The zero-order valence-electron chi connectivity index (χ0n) is 12.6. The van der Waals surface area contributed by atoms with E-state index in [1.165, 1.54) is 36.4 Å². The summed E-state index contributed by atoms with van der Waals surface area (Å²) in [6.07, 6.45) is 12.4. The average Bonchev–Trinajstić information content (AvgIpc) is 2.87. The minimum Gasteiger partial charge on any atom is -0.0814 e. The molecule has 0 amide bonds. The van der Waals surface area contributed by atoms with E-state index in [2.05, 4.69) is 57.2 Å². The van der Waals surface area contributed by atoms with E-state index in [0.29, 0.717) is 0 Å². The van der Waals surface area contributed by atoms with Gasteiger partial charge in [0.15, 0.2) is 0 Å². The number of aryl methyl sites for hydroxylation is 2. The molecule has 0 heterocycles. The highest BCUT2D eigenvalue weighted by Gasteiger charge is 2.18. The summed E-state index contributed by atoms with van der Waals surface area (Å²) in [6, 6.07) is 8.58. The second-order valence-electron chi connectivity index (χ2n) is 5.81. The third-order valence-corrected chi connectivity index (χ3v) is 7.30. The number of allylic oxidation sites excluding steroid dienone is 4. The molecule has 0 N–H and O–H groups in total. The predicted molar refractivity (Wildman–Crippen MR) is 88.9 cm³/mol. The van der Waals surface area contributed by atoms with Gasteiger partial charge in [-0.05, 0) is 20.3 Å². The normalized spacial score (nSPS) is 15.6. The molecule has 1 unspecified atom stereocenters. The SMILES string of the molecule is CCCCC[SiH](C1=CCC=C1)c1cc(C)cc(C)c1. The molecular weight excluding hydrogens is 244 g/mol. The maximum atomic E-state index is 2.46. The molecule has 0 spiro atoms. The zero-order valence-corrected chi connectivity index (χ0v) is 13.7. The highest BCUT2D eigenvalue weighted by atomic mass is 28.3. The van der Waals surface area contributed by atoms with Crippen LogP contribution < -0.4 is 5.19 Å². The fourth-order valence-electron chi connectivity index (χ4n) is 3.07. The summed E-state index contributed by atoms with van der Waals surface area (Å²) in [7, 11) is -0.958. The lowest BCUT2D eigenvalue weighted by Gasteiger charge is -2.17. The van der Waals surface area contributed by atoms with Crippen molar-refractivity contribution in [3.05, 3.63) is 52.8 Å². The van der Waals surface area contributed by atoms with Crippen molar-refractivity contribution in [3.63, 3.8) is 0 Å². The van der Waals surface area contributed by atoms with Crippen molar-refractivity contribution in [1.82, 2.24) is 0 Å². The van der Waals surface area contributed by atoms with Gasteiger partial charge in [0.05, 0.1) is 0 Å². The molecule has 0 aliphatic heterocycles. The highest BCUT2D eigenvalue weighted by molar-refractivity contribution is 6.80. The molecule has 1 aliphatic carbocycles. The van der Waals surface area contributed by atoms with E-state index < -0.39 is 8.80 Å². The standard InChI is InChI=1S/C18H26Si/c1-4-5-8-11-19(17-9-6-7-10-17)18-13-15(2)12-16(3)14-18/h6,9-10,12-14,19H,4-5,7-8,11H2,1-3H3. The van der Waals surface area contributed by atoms with Crippen LogP contribution in [-0.4, -0.2) is 8.80 Å². The van der Waals surface area contributed by atoms with Gasteiger partial charge < -0.3 is 0 Å². The Balaban J connectivity index is 2.22. The van der Waals surface area contributed by atoms with E-state index in [9.17, 15) is 0 Å². The summed E-state index contributed by atoms with van der Waals surface area (Å²) >= 11 is 0. The maximum absolute atomic E-state index is 2.46. The molecule has 0 bridgehead atoms. The lowest BCUT2D eigenvalue weighted by molar-refractivity contribution is 0.767. The van der Waals surface area contributed by atoms with E-state index in [1.807, 2.05) is 0 Å². The van der Waals surface area contributed by atoms with Gasteiger partial charge in [-0.3, -0.25) is 0 Å². The van der Waals surface area contributed by atoms with Crippen molar-refractivity contribution in [2.45, 2.75) is 52.5 Å². The van der Waals surface area contributed by atoms with E-state index in [4.69, 9.17) is 0 Å². The van der Waals surface area contributed by atoms with E-state index in [0.717, 1.165) is 6.42 Å². The summed E-state index contributed by atoms with van der Waals surface area (Å²) in [4.78, 5) is 0. The molecule has 2 rings (SSSR count). The van der Waals surface area contributed by atoms with Crippen molar-refractivity contribution < 1.29 is 0 Å². The van der Waals surface area contributed by atoms with Crippen LogP contribution in [0.3, 0.4) is 0 Å². The Labute approximate surface area is 119 Å². The first-order chi connectivity index (χ1) is 9.20. The topological polar surface area (TPSA) is 0 Å². The zero-order chi connectivity index (χ0) is 13.7. The largest absolute Gasteiger partial charge is 0.102 e. The van der Waals surface area contributed by atoms with Gasteiger partial charge in [0.25, 0.3) is 0 Å². The van der Waals surface area contributed by atoms with Crippen molar-refractivity contribution >= 4 is 14.0 Å². The van der Waals surface area contributed by atoms with Gasteiger partial charge in [-0.15, -0.1) is 0 Å². The lowest BCUT2D eigenvalue weighted by Crippen LogP contribution is -2.32. The fraction of sp³-hybridized carbons (Fsp3) is 0.444. The minimum absolute atomic E-state index is 0.958. The van der Waals surface area contributed by atoms with Gasteiger partial charge in [0.1, 0.15) is 8.80 Å². The summed E-state index contributed by atoms with van der Waals surface area (Å²) in [5.41, 5.74) is 2.84. The summed E-state index contributed by atoms with van der Waals surface area (Å²) in [5, 5.41) is 3.31. The van der Waals surface area contributed by atoms with Gasteiger partial charge >= 0.3 is 0 Å². The second-order valence-corrected chi connectivity index (χ2v) is 8.83. The Kier molecular flexibility index (Phi) is 5.21. The second kappa shape index (κ2) is 6.90. The lowest BCUT2D eigenvalue weighted by atomic mass is 10.2. The monoisotopic (exact) mass is 270 g/mol. The first-order valence-corrected chi connectivity index (χ1v) is 9.62. The molecule has 0 saturated heterocycles. The van der Waals surface area contributed by atoms with Gasteiger partial charge in [0.2, 0.25) is 0 Å². The maximum Gasteiger partial charge on any atom is 0.102 e. The molecule has 19 heavy (non-hydrogen) atoms. The Hall–Kier alpha value is -1.08. The molecule has 0 radical (unpaired) electrons. The summed E-state index contributed by atoms with van der Waals surface area (Å²) < 4.78 is 0. The van der Waals surface area contributed by atoms with E-state index in [1.54, 1.807) is 10.4 Å². The van der Waals surface area contributed by atoms with Crippen molar-refractivity contribution in [2.24, 2.45) is 0 Å². The molecule has 1 aromatic rings. The molecular formula is C18H26Si. The van der Waals surface area contributed by atoms with Crippen molar-refractivity contribution in [2.75, 3.05) is 0 Å². The highest BCUT2D eigenvalue weighted by Crippen LogP contribution is 2.19. The number of unbranched alkanes of at least 4 members (excludes halogenated alkanes) is 2. The van der Waals surface area contributed by atoms with Crippen LogP contribution in [0.4, 0.5) is 0 Å². The first-order valence-electron chi connectivity index (χ1n) is 7.65. The van der Waals surface area contributed by atoms with Crippen LogP contribution in [0.25, 0.3) is 0 Å². The van der Waals surface area contributed by atoms with Gasteiger partial charge in [-0.25, -0.2) is 0 Å². The van der Waals surface area contributed by atoms with E-state index in [-0.39, 0.29) is 0 Å². The van der Waals surface area contributed by atoms with Crippen LogP contribution >= 0.6 is 0 Å². The Bertz CT molecular complexity index is 462. The number of hydrogen-bond acceptors (Lipinski definition) is 0. The van der Waals surface area contributed by atoms with Gasteiger partial charge in [-0.2, -0.15) is 0 Å². The first kappa shape index (κ1) is 14.3. The Morgan fingerprint density at radius 2 is 1.79 bits per heavy atom. The van der Waals surface area contributed by atoms with Gasteiger partial charge in [-0.1, -0.05) is 90.2 Å². The predicted octanol–water partition coefficient (Wildman–Crippen LogP) is 4.35. The molecule has 1 aromatic carbocycles. The molecule has 102 valence electrons. The molecule has 0 saturated carbocycles. The Morgan fingerprint density at radius 3 is 2.37 bits per heavy atom. The number of benzene rings is 1. The molecule has 0 fully saturated rings. The van der Waals surface area contributed by atoms with Crippen molar-refractivity contribution in [1.29, 1.82) is 0 Å². The quantitative estimate of drug-likeness (QED) is 0.532. The minimum atomic E-state index is -0.958. The summed E-state index contributed by atoms with van der Waals surface area (Å²) in [6.45, 7) is 6.75. The average molecular weight is 270 g/mol. The smallest absolute Gasteiger partial charge is 0.0814 e. The Morgan fingerprint density at radius 1 is 1.05 bits per heavy atom. The van der Waals surface area contributed by atoms with Crippen LogP contribution in [-0.2, 0) is 0 Å². The molecule has 0 aromatic heterocycles. The van der Waals surface area contributed by atoms with Crippen LogP contribution in [0.5, 0.6) is 0 Å². The summed E-state index contributed by atoms with van der Waals surface area (Å²) in [5.74, 6) is 0. The molecule has 1 atom stereocenters. The van der Waals surface area contributed by atoms with Crippen LogP contribution in [0, 0.1) is 13.8 Å². The fourth-order valence-corrected chi connectivity index (χ4v) is 6.54. The van der Waals surface area contributed by atoms with Crippen LogP contribution in [0.15, 0.2) is 41.6 Å². The van der Waals surface area contributed by atoms with Crippen LogP contribution in [0.1, 0.15) is 43.7 Å². The number of rotatable bonds is 6. The molecule has 1 heteroatoms. The van der Waals surface area contributed by atoms with E-state index >= 15 is 0 Å². The van der Waals surface area contributed by atoms with Gasteiger partial charge in [0, 0.05) is 0 Å². The van der Waals surface area contributed by atoms with Crippen LogP contribution in [0.2, 0.25) is 6.04 Å². The molecule has 0 nitrogen and oxygen atoms in total. The number of hydrogen-bond donors (Lipinski definition) is 0.